The monoisotopic (exact) mass is 320 g/mol. The Balaban J connectivity index is 1.32. The molecule has 24 heavy (non-hydrogen) atoms. The van der Waals surface area contributed by atoms with E-state index < -0.39 is 0 Å². The fourth-order valence-electron chi connectivity index (χ4n) is 3.25. The lowest BCUT2D eigenvalue weighted by Gasteiger charge is -2.34. The van der Waals surface area contributed by atoms with Gasteiger partial charge in [0.15, 0.2) is 0 Å². The molecular weight excluding hydrogens is 292 g/mol. The van der Waals surface area contributed by atoms with Gasteiger partial charge in [-0.2, -0.15) is 0 Å². The lowest BCUT2D eigenvalue weighted by Crippen LogP contribution is -2.46. The van der Waals surface area contributed by atoms with E-state index >= 15 is 0 Å². The van der Waals surface area contributed by atoms with Crippen molar-refractivity contribution in [3.63, 3.8) is 0 Å². The van der Waals surface area contributed by atoms with E-state index in [4.69, 9.17) is 0 Å². The Hall–Kier alpha value is -1.90. The molecule has 0 bridgehead atoms. The Morgan fingerprint density at radius 3 is 2.08 bits per heavy atom. The molecule has 2 aromatic rings. The fourth-order valence-corrected chi connectivity index (χ4v) is 3.25. The topological polar surface area (TPSA) is 6.48 Å². The number of benzene rings is 2. The van der Waals surface area contributed by atoms with Crippen molar-refractivity contribution in [3.05, 3.63) is 77.9 Å². The van der Waals surface area contributed by atoms with Gasteiger partial charge in [0.2, 0.25) is 0 Å². The van der Waals surface area contributed by atoms with E-state index in [0.717, 1.165) is 6.54 Å². The van der Waals surface area contributed by atoms with Gasteiger partial charge in [-0.05, 0) is 30.5 Å². The van der Waals surface area contributed by atoms with Crippen molar-refractivity contribution in [1.29, 1.82) is 0 Å². The van der Waals surface area contributed by atoms with E-state index in [1.165, 1.54) is 56.7 Å². The molecule has 2 nitrogen and oxygen atoms in total. The Bertz CT molecular complexity index is 598. The van der Waals surface area contributed by atoms with Gasteiger partial charge >= 0.3 is 0 Å². The summed E-state index contributed by atoms with van der Waals surface area (Å²) in [6, 6.07) is 21.4. The zero-order chi connectivity index (χ0) is 16.5. The van der Waals surface area contributed by atoms with Crippen LogP contribution in [-0.2, 0) is 6.42 Å². The third-order valence-corrected chi connectivity index (χ3v) is 4.72. The predicted molar refractivity (Wildman–Crippen MR) is 103 cm³/mol. The van der Waals surface area contributed by atoms with Crippen molar-refractivity contribution in [2.24, 2.45) is 0 Å². The summed E-state index contributed by atoms with van der Waals surface area (Å²) in [6.45, 7) is 7.06. The van der Waals surface area contributed by atoms with Crippen LogP contribution in [0.1, 0.15) is 17.5 Å². The van der Waals surface area contributed by atoms with Crippen LogP contribution in [0.15, 0.2) is 66.7 Å². The minimum atomic E-state index is 1.06. The molecule has 0 aromatic heterocycles. The zero-order valence-electron chi connectivity index (χ0n) is 14.5. The molecule has 0 unspecified atom stereocenters. The van der Waals surface area contributed by atoms with Gasteiger partial charge in [0.05, 0.1) is 0 Å². The first-order valence-electron chi connectivity index (χ1n) is 9.10. The summed E-state index contributed by atoms with van der Waals surface area (Å²) in [5, 5.41) is 0. The standard InChI is InChI=1S/C22H28N2/c1-3-9-21(10-4-1)13-7-15-23-17-19-24(20-18-23)16-8-14-22-11-5-2-6-12-22/h1-7,9-13H,8,14-20H2/b13-7+. The van der Waals surface area contributed by atoms with E-state index in [1.807, 2.05) is 0 Å². The lowest BCUT2D eigenvalue weighted by atomic mass is 10.1. The summed E-state index contributed by atoms with van der Waals surface area (Å²) in [6.07, 6.45) is 6.98. The highest BCUT2D eigenvalue weighted by Gasteiger charge is 2.15. The molecule has 1 fully saturated rings. The van der Waals surface area contributed by atoms with Gasteiger partial charge < -0.3 is 4.90 Å². The maximum atomic E-state index is 2.61. The maximum absolute atomic E-state index is 2.61. The molecule has 3 rings (SSSR count). The lowest BCUT2D eigenvalue weighted by molar-refractivity contribution is 0.141. The fraction of sp³-hybridized carbons (Fsp3) is 0.364. The van der Waals surface area contributed by atoms with Gasteiger partial charge in [-0.25, -0.2) is 0 Å². The van der Waals surface area contributed by atoms with E-state index in [0.29, 0.717) is 0 Å². The molecule has 0 N–H and O–H groups in total. The summed E-state index contributed by atoms with van der Waals surface area (Å²) < 4.78 is 0. The van der Waals surface area contributed by atoms with Crippen LogP contribution in [0.4, 0.5) is 0 Å². The van der Waals surface area contributed by atoms with Crippen LogP contribution in [0.2, 0.25) is 0 Å². The SMILES string of the molecule is C(=C\c1ccccc1)/CN1CCN(CCCc2ccccc2)CC1. The largest absolute Gasteiger partial charge is 0.301 e. The summed E-state index contributed by atoms with van der Waals surface area (Å²) in [7, 11) is 0. The van der Waals surface area contributed by atoms with Gasteiger partial charge in [-0.15, -0.1) is 0 Å². The van der Waals surface area contributed by atoms with Crippen molar-refractivity contribution in [2.45, 2.75) is 12.8 Å². The number of aryl methyl sites for hydroxylation is 1. The second-order valence-corrected chi connectivity index (χ2v) is 6.54. The highest BCUT2D eigenvalue weighted by Crippen LogP contribution is 2.07. The van der Waals surface area contributed by atoms with Crippen LogP contribution in [0.3, 0.4) is 0 Å². The van der Waals surface area contributed by atoms with Crippen molar-refractivity contribution in [2.75, 3.05) is 39.3 Å². The summed E-state index contributed by atoms with van der Waals surface area (Å²) in [4.78, 5) is 5.16. The normalized spacial score (nSPS) is 16.7. The van der Waals surface area contributed by atoms with E-state index in [2.05, 4.69) is 82.6 Å². The summed E-state index contributed by atoms with van der Waals surface area (Å²) in [5.74, 6) is 0. The Morgan fingerprint density at radius 1 is 0.750 bits per heavy atom. The second-order valence-electron chi connectivity index (χ2n) is 6.54. The molecule has 1 saturated heterocycles. The number of rotatable bonds is 7. The first-order valence-corrected chi connectivity index (χ1v) is 9.10. The first-order chi connectivity index (χ1) is 11.9. The van der Waals surface area contributed by atoms with Crippen molar-refractivity contribution in [1.82, 2.24) is 9.80 Å². The average molecular weight is 320 g/mol. The van der Waals surface area contributed by atoms with Crippen LogP contribution < -0.4 is 0 Å². The molecule has 126 valence electrons. The molecule has 1 heterocycles. The molecular formula is C22H28N2. The summed E-state index contributed by atoms with van der Waals surface area (Å²) >= 11 is 0. The van der Waals surface area contributed by atoms with E-state index in [1.54, 1.807) is 0 Å². The Morgan fingerprint density at radius 2 is 1.38 bits per heavy atom. The van der Waals surface area contributed by atoms with Crippen LogP contribution >= 0.6 is 0 Å². The highest BCUT2D eigenvalue weighted by molar-refractivity contribution is 5.48. The smallest absolute Gasteiger partial charge is 0.0167 e. The Labute approximate surface area is 146 Å². The van der Waals surface area contributed by atoms with Crippen LogP contribution in [0.25, 0.3) is 6.08 Å². The molecule has 0 radical (unpaired) electrons. The van der Waals surface area contributed by atoms with Gasteiger partial charge in [0, 0.05) is 32.7 Å². The van der Waals surface area contributed by atoms with Gasteiger partial charge in [-0.3, -0.25) is 4.90 Å². The third kappa shape index (κ3) is 5.63. The average Bonchev–Trinajstić information content (AvgIpc) is 2.65. The summed E-state index contributed by atoms with van der Waals surface area (Å²) in [5.41, 5.74) is 2.75. The van der Waals surface area contributed by atoms with Crippen LogP contribution in [0, 0.1) is 0 Å². The molecule has 0 atom stereocenters. The van der Waals surface area contributed by atoms with E-state index in [9.17, 15) is 0 Å². The molecule has 0 amide bonds. The second kappa shape index (κ2) is 9.41. The molecule has 0 spiro atoms. The minimum Gasteiger partial charge on any atom is -0.301 e. The van der Waals surface area contributed by atoms with Gasteiger partial charge in [-0.1, -0.05) is 72.8 Å². The molecule has 2 heteroatoms. The first kappa shape index (κ1) is 16.9. The molecule has 2 aromatic carbocycles. The minimum absolute atomic E-state index is 1.06. The van der Waals surface area contributed by atoms with Crippen molar-refractivity contribution in [3.8, 4) is 0 Å². The number of nitrogens with zero attached hydrogens (tertiary/aromatic N) is 2. The molecule has 0 aliphatic carbocycles. The number of hydrogen-bond acceptors (Lipinski definition) is 2. The van der Waals surface area contributed by atoms with E-state index in [-0.39, 0.29) is 0 Å². The van der Waals surface area contributed by atoms with Crippen molar-refractivity contribution >= 4 is 6.08 Å². The van der Waals surface area contributed by atoms with Crippen molar-refractivity contribution < 1.29 is 0 Å². The Kier molecular flexibility index (Phi) is 6.64. The zero-order valence-corrected chi connectivity index (χ0v) is 14.5. The maximum Gasteiger partial charge on any atom is 0.0167 e. The van der Waals surface area contributed by atoms with Crippen LogP contribution in [-0.4, -0.2) is 49.1 Å². The predicted octanol–water partition coefficient (Wildman–Crippen LogP) is 3.95. The molecule has 0 saturated carbocycles. The molecule has 1 aliphatic rings. The highest BCUT2D eigenvalue weighted by atomic mass is 15.3. The quantitative estimate of drug-likeness (QED) is 0.762. The molecule has 1 aliphatic heterocycles. The van der Waals surface area contributed by atoms with Gasteiger partial charge in [0.1, 0.15) is 0 Å². The third-order valence-electron chi connectivity index (χ3n) is 4.72. The number of hydrogen-bond donors (Lipinski definition) is 0. The van der Waals surface area contributed by atoms with Crippen LogP contribution in [0.5, 0.6) is 0 Å². The van der Waals surface area contributed by atoms with Gasteiger partial charge in [0.25, 0.3) is 0 Å². The number of piperazine rings is 1.